The van der Waals surface area contributed by atoms with Gasteiger partial charge in [0.15, 0.2) is 0 Å². The summed E-state index contributed by atoms with van der Waals surface area (Å²) in [5, 5.41) is 16.0. The Labute approximate surface area is 58.3 Å². The van der Waals surface area contributed by atoms with Gasteiger partial charge in [-0.05, 0) is 12.5 Å². The highest BCUT2D eigenvalue weighted by molar-refractivity contribution is 5.57. The van der Waals surface area contributed by atoms with Gasteiger partial charge in [0.2, 0.25) is 0 Å². The van der Waals surface area contributed by atoms with Crippen molar-refractivity contribution >= 4 is 6.16 Å². The molecule has 0 rings (SSSR count). The van der Waals surface area contributed by atoms with Crippen molar-refractivity contribution in [3.8, 4) is 6.07 Å². The summed E-state index contributed by atoms with van der Waals surface area (Å²) in [7, 11) is 0. The fourth-order valence-corrected chi connectivity index (χ4v) is 0.322. The highest BCUT2D eigenvalue weighted by Gasteiger charge is 1.87. The molecule has 0 radical (unpaired) electrons. The van der Waals surface area contributed by atoms with Crippen LogP contribution in [0.15, 0.2) is 12.3 Å². The highest BCUT2D eigenvalue weighted by atomic mass is 16.7. The van der Waals surface area contributed by atoms with E-state index in [0.717, 1.165) is 6.26 Å². The van der Waals surface area contributed by atoms with Crippen molar-refractivity contribution in [1.29, 1.82) is 5.26 Å². The van der Waals surface area contributed by atoms with Crippen molar-refractivity contribution in [2.45, 2.75) is 12.8 Å². The quantitative estimate of drug-likeness (QED) is 0.367. The minimum atomic E-state index is -1.34. The Morgan fingerprint density at radius 2 is 2.50 bits per heavy atom. The van der Waals surface area contributed by atoms with Gasteiger partial charge in [-0.25, -0.2) is 4.79 Å². The molecule has 0 bridgehead atoms. The molecule has 4 nitrogen and oxygen atoms in total. The van der Waals surface area contributed by atoms with Crippen molar-refractivity contribution in [3.05, 3.63) is 12.3 Å². The van der Waals surface area contributed by atoms with Gasteiger partial charge in [0.1, 0.15) is 0 Å². The first-order chi connectivity index (χ1) is 4.77. The Kier molecular flexibility index (Phi) is 4.79. The lowest BCUT2D eigenvalue weighted by Gasteiger charge is -1.86. The van der Waals surface area contributed by atoms with Crippen LogP contribution in [0.1, 0.15) is 12.8 Å². The number of rotatable bonds is 3. The smallest absolute Gasteiger partial charge is 0.449 e. The van der Waals surface area contributed by atoms with E-state index >= 15 is 0 Å². The Bertz CT molecular complexity index is 168. The highest BCUT2D eigenvalue weighted by Crippen LogP contribution is 1.88. The second kappa shape index (κ2) is 5.63. The minimum Gasteiger partial charge on any atom is -0.449 e. The van der Waals surface area contributed by atoms with E-state index < -0.39 is 6.16 Å². The summed E-state index contributed by atoms with van der Waals surface area (Å²) in [4.78, 5) is 9.69. The SMILES string of the molecule is N#CCCC=COC(=O)O. The number of allylic oxidation sites excluding steroid dienone is 1. The van der Waals surface area contributed by atoms with Crippen LogP contribution in [-0.2, 0) is 4.74 Å². The zero-order valence-electron chi connectivity index (χ0n) is 5.28. The minimum absolute atomic E-state index is 0.374. The summed E-state index contributed by atoms with van der Waals surface area (Å²) >= 11 is 0. The maximum absolute atomic E-state index is 9.69. The third kappa shape index (κ3) is 6.50. The Morgan fingerprint density at radius 3 is 3.00 bits per heavy atom. The van der Waals surface area contributed by atoms with Gasteiger partial charge < -0.3 is 9.84 Å². The molecule has 10 heavy (non-hydrogen) atoms. The molecule has 4 heteroatoms. The lowest BCUT2D eigenvalue weighted by atomic mass is 10.3. The number of unbranched alkanes of at least 4 members (excludes halogenated alkanes) is 1. The van der Waals surface area contributed by atoms with E-state index in [-0.39, 0.29) is 0 Å². The first kappa shape index (κ1) is 8.50. The lowest BCUT2D eigenvalue weighted by molar-refractivity contribution is 0.128. The molecule has 0 amide bonds. The average molecular weight is 141 g/mol. The fraction of sp³-hybridized carbons (Fsp3) is 0.333. The molecule has 0 heterocycles. The number of nitrogens with zero attached hydrogens (tertiary/aromatic N) is 1. The van der Waals surface area contributed by atoms with Crippen LogP contribution in [0.3, 0.4) is 0 Å². The summed E-state index contributed by atoms with van der Waals surface area (Å²) < 4.78 is 4.02. The van der Waals surface area contributed by atoms with Crippen molar-refractivity contribution in [3.63, 3.8) is 0 Å². The summed E-state index contributed by atoms with van der Waals surface area (Å²) in [6, 6.07) is 1.90. The monoisotopic (exact) mass is 141 g/mol. The van der Waals surface area contributed by atoms with Crippen molar-refractivity contribution in [1.82, 2.24) is 0 Å². The van der Waals surface area contributed by atoms with Crippen LogP contribution in [0.5, 0.6) is 0 Å². The van der Waals surface area contributed by atoms with E-state index in [4.69, 9.17) is 10.4 Å². The first-order valence-corrected chi connectivity index (χ1v) is 2.69. The summed E-state index contributed by atoms with van der Waals surface area (Å²) in [6.07, 6.45) is 2.09. The molecule has 0 aromatic carbocycles. The molecular weight excluding hydrogens is 134 g/mol. The Hall–Kier alpha value is -1.50. The molecule has 0 unspecified atom stereocenters. The lowest BCUT2D eigenvalue weighted by Crippen LogP contribution is -1.91. The second-order valence-electron chi connectivity index (χ2n) is 1.45. The van der Waals surface area contributed by atoms with Gasteiger partial charge in [0.05, 0.1) is 12.3 Å². The Morgan fingerprint density at radius 1 is 1.80 bits per heavy atom. The predicted octanol–water partition coefficient (Wildman–Crippen LogP) is 1.50. The van der Waals surface area contributed by atoms with Gasteiger partial charge >= 0.3 is 6.16 Å². The van der Waals surface area contributed by atoms with Gasteiger partial charge in [-0.15, -0.1) is 0 Å². The number of carboxylic acid groups (broad SMARTS) is 1. The maximum atomic E-state index is 9.69. The van der Waals surface area contributed by atoms with E-state index in [9.17, 15) is 4.79 Å². The third-order valence-electron chi connectivity index (χ3n) is 0.688. The molecule has 0 saturated heterocycles. The largest absolute Gasteiger partial charge is 0.510 e. The van der Waals surface area contributed by atoms with Crippen molar-refractivity contribution < 1.29 is 14.6 Å². The normalized spacial score (nSPS) is 9.10. The first-order valence-electron chi connectivity index (χ1n) is 2.69. The van der Waals surface area contributed by atoms with E-state index in [0.29, 0.717) is 12.8 Å². The molecule has 0 fully saturated rings. The zero-order valence-corrected chi connectivity index (χ0v) is 5.28. The van der Waals surface area contributed by atoms with Crippen molar-refractivity contribution in [2.75, 3.05) is 0 Å². The molecule has 0 saturated carbocycles. The van der Waals surface area contributed by atoms with E-state index in [2.05, 4.69) is 4.74 Å². The number of hydrogen-bond donors (Lipinski definition) is 1. The summed E-state index contributed by atoms with van der Waals surface area (Å²) in [5.74, 6) is 0. The molecule has 0 aromatic heterocycles. The predicted molar refractivity (Wildman–Crippen MR) is 33.1 cm³/mol. The number of hydrogen-bond acceptors (Lipinski definition) is 3. The van der Waals surface area contributed by atoms with Crippen LogP contribution >= 0.6 is 0 Å². The van der Waals surface area contributed by atoms with Crippen LogP contribution in [0, 0.1) is 11.3 Å². The number of nitriles is 1. The molecule has 0 aliphatic carbocycles. The summed E-state index contributed by atoms with van der Waals surface area (Å²) in [6.45, 7) is 0. The maximum Gasteiger partial charge on any atom is 0.510 e. The van der Waals surface area contributed by atoms with Gasteiger partial charge in [0, 0.05) is 6.42 Å². The standard InChI is InChI=1S/C6H7NO3/c7-4-2-1-3-5-10-6(8)9/h3,5H,1-2H2,(H,8,9). The molecule has 0 spiro atoms. The van der Waals surface area contributed by atoms with Crippen molar-refractivity contribution in [2.24, 2.45) is 0 Å². The Balaban J connectivity index is 3.22. The van der Waals surface area contributed by atoms with Crippen LogP contribution in [0.2, 0.25) is 0 Å². The molecule has 54 valence electrons. The van der Waals surface area contributed by atoms with Gasteiger partial charge in [-0.2, -0.15) is 5.26 Å². The van der Waals surface area contributed by atoms with Crippen LogP contribution in [-0.4, -0.2) is 11.3 Å². The topological polar surface area (TPSA) is 70.3 Å². The fourth-order valence-electron chi connectivity index (χ4n) is 0.322. The van der Waals surface area contributed by atoms with E-state index in [1.165, 1.54) is 6.08 Å². The van der Waals surface area contributed by atoms with E-state index in [1.54, 1.807) is 0 Å². The van der Waals surface area contributed by atoms with E-state index in [1.807, 2.05) is 6.07 Å². The molecule has 0 aliphatic heterocycles. The number of carbonyl (C=O) groups is 1. The zero-order chi connectivity index (χ0) is 7.82. The molecule has 1 N–H and O–H groups in total. The molecular formula is C6H7NO3. The van der Waals surface area contributed by atoms with Crippen LogP contribution in [0.4, 0.5) is 4.79 Å². The van der Waals surface area contributed by atoms with Gasteiger partial charge in [0.25, 0.3) is 0 Å². The van der Waals surface area contributed by atoms with Crippen LogP contribution < -0.4 is 0 Å². The number of ether oxygens (including phenoxy) is 1. The molecule has 0 aromatic rings. The molecule has 0 atom stereocenters. The van der Waals surface area contributed by atoms with Gasteiger partial charge in [-0.3, -0.25) is 0 Å². The molecule has 0 aliphatic rings. The summed E-state index contributed by atoms with van der Waals surface area (Å²) in [5.41, 5.74) is 0. The third-order valence-corrected chi connectivity index (χ3v) is 0.688. The van der Waals surface area contributed by atoms with Gasteiger partial charge in [-0.1, -0.05) is 0 Å². The average Bonchev–Trinajstić information content (AvgIpc) is 1.87. The van der Waals surface area contributed by atoms with Crippen LogP contribution in [0.25, 0.3) is 0 Å². The second-order valence-corrected chi connectivity index (χ2v) is 1.45.